The number of nitrogens with zero attached hydrogens (tertiary/aromatic N) is 2. The maximum absolute atomic E-state index is 13.5. The van der Waals surface area contributed by atoms with Crippen LogP contribution < -0.4 is 5.32 Å². The molecule has 0 aliphatic rings. The van der Waals surface area contributed by atoms with Crippen LogP contribution >= 0.6 is 0 Å². The van der Waals surface area contributed by atoms with Crippen LogP contribution in [0.1, 0.15) is 16.7 Å². The maximum Gasteiger partial charge on any atom is 0.129 e. The summed E-state index contributed by atoms with van der Waals surface area (Å²) in [5.41, 5.74) is 2.53. The van der Waals surface area contributed by atoms with Gasteiger partial charge in [-0.15, -0.1) is 0 Å². The summed E-state index contributed by atoms with van der Waals surface area (Å²) in [4.78, 5) is 0. The van der Waals surface area contributed by atoms with Gasteiger partial charge in [0.15, 0.2) is 0 Å². The minimum absolute atomic E-state index is 0.102. The van der Waals surface area contributed by atoms with Gasteiger partial charge in [0, 0.05) is 25.5 Å². The summed E-state index contributed by atoms with van der Waals surface area (Å²) in [5.74, 6) is -0.102. The molecule has 0 fully saturated rings. The Bertz CT molecular complexity index is 483. The summed E-state index contributed by atoms with van der Waals surface area (Å²) in [6.07, 6.45) is 3.71. The highest BCUT2D eigenvalue weighted by atomic mass is 19.1. The summed E-state index contributed by atoms with van der Waals surface area (Å²) >= 11 is 0. The molecule has 96 valence electrons. The van der Waals surface area contributed by atoms with Crippen molar-refractivity contribution in [2.24, 2.45) is 0 Å². The Kier molecular flexibility index (Phi) is 4.10. The van der Waals surface area contributed by atoms with E-state index in [1.165, 1.54) is 0 Å². The topological polar surface area (TPSA) is 29.9 Å². The van der Waals surface area contributed by atoms with Gasteiger partial charge in [0.2, 0.25) is 0 Å². The van der Waals surface area contributed by atoms with Crippen LogP contribution in [-0.4, -0.2) is 16.3 Å². The van der Waals surface area contributed by atoms with E-state index >= 15 is 0 Å². The van der Waals surface area contributed by atoms with Crippen molar-refractivity contribution in [1.29, 1.82) is 0 Å². The molecule has 1 heterocycles. The van der Waals surface area contributed by atoms with Crippen LogP contribution in [0.25, 0.3) is 0 Å². The Morgan fingerprint density at radius 1 is 1.28 bits per heavy atom. The lowest BCUT2D eigenvalue weighted by molar-refractivity contribution is 0.553. The Balaban J connectivity index is 1.83. The summed E-state index contributed by atoms with van der Waals surface area (Å²) in [5, 5.41) is 7.46. The number of aromatic nitrogens is 2. The lowest BCUT2D eigenvalue weighted by atomic mass is 10.1. The second-order valence-electron chi connectivity index (χ2n) is 4.49. The van der Waals surface area contributed by atoms with E-state index in [0.29, 0.717) is 11.1 Å². The number of rotatable bonds is 5. The second kappa shape index (κ2) is 5.78. The minimum atomic E-state index is -0.102. The SMILES string of the molecule is Cc1cc(CNCCn2cccn2)cc(C)c1F. The van der Waals surface area contributed by atoms with Gasteiger partial charge in [-0.2, -0.15) is 5.10 Å². The zero-order chi connectivity index (χ0) is 13.0. The molecule has 1 N–H and O–H groups in total. The van der Waals surface area contributed by atoms with Gasteiger partial charge in [-0.1, -0.05) is 12.1 Å². The van der Waals surface area contributed by atoms with Crippen LogP contribution in [0.2, 0.25) is 0 Å². The van der Waals surface area contributed by atoms with Crippen molar-refractivity contribution in [1.82, 2.24) is 15.1 Å². The molecular weight excluding hydrogens is 229 g/mol. The number of hydrogen-bond donors (Lipinski definition) is 1. The summed E-state index contributed by atoms with van der Waals surface area (Å²) in [6, 6.07) is 5.69. The fourth-order valence-corrected chi connectivity index (χ4v) is 2.00. The lowest BCUT2D eigenvalue weighted by Crippen LogP contribution is -2.20. The molecule has 0 radical (unpaired) electrons. The van der Waals surface area contributed by atoms with Crippen LogP contribution in [0.3, 0.4) is 0 Å². The number of hydrogen-bond acceptors (Lipinski definition) is 2. The average molecular weight is 247 g/mol. The number of nitrogens with one attached hydrogen (secondary N) is 1. The minimum Gasteiger partial charge on any atom is -0.311 e. The molecule has 0 spiro atoms. The molecular formula is C14H18FN3. The zero-order valence-electron chi connectivity index (χ0n) is 10.8. The molecule has 1 aromatic heterocycles. The highest BCUT2D eigenvalue weighted by Crippen LogP contribution is 2.14. The summed E-state index contributed by atoms with van der Waals surface area (Å²) in [6.45, 7) is 6.04. The van der Waals surface area contributed by atoms with Gasteiger partial charge in [0.25, 0.3) is 0 Å². The molecule has 1 aromatic carbocycles. The molecule has 2 rings (SSSR count). The van der Waals surface area contributed by atoms with Crippen LogP contribution in [0.15, 0.2) is 30.6 Å². The van der Waals surface area contributed by atoms with E-state index in [2.05, 4.69) is 10.4 Å². The third-order valence-electron chi connectivity index (χ3n) is 2.90. The standard InChI is InChI=1S/C14H18FN3/c1-11-8-13(9-12(2)14(11)15)10-16-5-7-18-6-3-4-17-18/h3-4,6,8-9,16H,5,7,10H2,1-2H3. The quantitative estimate of drug-likeness (QED) is 0.822. The molecule has 0 amide bonds. The molecule has 2 aromatic rings. The van der Waals surface area contributed by atoms with Gasteiger partial charge in [-0.25, -0.2) is 4.39 Å². The van der Waals surface area contributed by atoms with Crippen molar-refractivity contribution >= 4 is 0 Å². The van der Waals surface area contributed by atoms with E-state index in [-0.39, 0.29) is 5.82 Å². The van der Waals surface area contributed by atoms with Crippen molar-refractivity contribution in [2.75, 3.05) is 6.54 Å². The van der Waals surface area contributed by atoms with Crippen LogP contribution in [0.4, 0.5) is 4.39 Å². The van der Waals surface area contributed by atoms with Gasteiger partial charge in [-0.3, -0.25) is 4.68 Å². The van der Waals surface area contributed by atoms with E-state index in [1.807, 2.05) is 29.1 Å². The van der Waals surface area contributed by atoms with Gasteiger partial charge in [-0.05, 0) is 36.6 Å². The highest BCUT2D eigenvalue weighted by molar-refractivity contribution is 5.30. The van der Waals surface area contributed by atoms with Crippen molar-refractivity contribution < 1.29 is 4.39 Å². The fraction of sp³-hybridized carbons (Fsp3) is 0.357. The smallest absolute Gasteiger partial charge is 0.129 e. The van der Waals surface area contributed by atoms with Gasteiger partial charge < -0.3 is 5.32 Å². The van der Waals surface area contributed by atoms with E-state index in [1.54, 1.807) is 20.0 Å². The predicted molar refractivity (Wildman–Crippen MR) is 69.8 cm³/mol. The van der Waals surface area contributed by atoms with Gasteiger partial charge in [0.05, 0.1) is 6.54 Å². The monoisotopic (exact) mass is 247 g/mol. The van der Waals surface area contributed by atoms with E-state index in [0.717, 1.165) is 25.2 Å². The Hall–Kier alpha value is -1.68. The van der Waals surface area contributed by atoms with Crippen molar-refractivity contribution in [3.63, 3.8) is 0 Å². The van der Waals surface area contributed by atoms with E-state index < -0.39 is 0 Å². The largest absolute Gasteiger partial charge is 0.311 e. The van der Waals surface area contributed by atoms with Crippen molar-refractivity contribution in [3.05, 3.63) is 53.1 Å². The zero-order valence-corrected chi connectivity index (χ0v) is 10.8. The first kappa shape index (κ1) is 12.8. The van der Waals surface area contributed by atoms with Crippen LogP contribution in [0.5, 0.6) is 0 Å². The van der Waals surface area contributed by atoms with Crippen molar-refractivity contribution in [3.8, 4) is 0 Å². The normalized spacial score (nSPS) is 10.8. The first-order valence-corrected chi connectivity index (χ1v) is 6.10. The number of benzene rings is 1. The number of aryl methyl sites for hydroxylation is 2. The first-order valence-electron chi connectivity index (χ1n) is 6.10. The molecule has 0 aliphatic heterocycles. The Morgan fingerprint density at radius 2 is 2.00 bits per heavy atom. The molecule has 0 bridgehead atoms. The average Bonchev–Trinajstić information content (AvgIpc) is 2.84. The molecule has 3 nitrogen and oxygen atoms in total. The molecule has 0 aliphatic carbocycles. The maximum atomic E-state index is 13.5. The fourth-order valence-electron chi connectivity index (χ4n) is 2.00. The molecule has 0 saturated heterocycles. The Labute approximate surface area is 107 Å². The summed E-state index contributed by atoms with van der Waals surface area (Å²) in [7, 11) is 0. The van der Waals surface area contributed by atoms with E-state index in [9.17, 15) is 4.39 Å². The Morgan fingerprint density at radius 3 is 2.61 bits per heavy atom. The first-order chi connectivity index (χ1) is 8.66. The van der Waals surface area contributed by atoms with Crippen LogP contribution in [0, 0.1) is 19.7 Å². The third kappa shape index (κ3) is 3.17. The summed E-state index contributed by atoms with van der Waals surface area (Å²) < 4.78 is 15.3. The predicted octanol–water partition coefficient (Wildman–Crippen LogP) is 2.43. The second-order valence-corrected chi connectivity index (χ2v) is 4.49. The van der Waals surface area contributed by atoms with Crippen molar-refractivity contribution in [2.45, 2.75) is 26.9 Å². The highest BCUT2D eigenvalue weighted by Gasteiger charge is 2.03. The van der Waals surface area contributed by atoms with E-state index in [4.69, 9.17) is 0 Å². The molecule has 0 atom stereocenters. The molecule has 0 unspecified atom stereocenters. The molecule has 0 saturated carbocycles. The third-order valence-corrected chi connectivity index (χ3v) is 2.90. The molecule has 18 heavy (non-hydrogen) atoms. The van der Waals surface area contributed by atoms with Gasteiger partial charge >= 0.3 is 0 Å². The number of halogens is 1. The van der Waals surface area contributed by atoms with Gasteiger partial charge in [0.1, 0.15) is 5.82 Å². The van der Waals surface area contributed by atoms with Crippen LogP contribution in [-0.2, 0) is 13.1 Å². The lowest BCUT2D eigenvalue weighted by Gasteiger charge is -2.08. The molecule has 4 heteroatoms.